The van der Waals surface area contributed by atoms with Crippen LogP contribution in [0.5, 0.6) is 0 Å². The molecule has 5 nitrogen and oxygen atoms in total. The molecule has 0 radical (unpaired) electrons. The van der Waals surface area contributed by atoms with E-state index in [4.69, 9.17) is 0 Å². The molecule has 0 aromatic heterocycles. The Kier molecular flexibility index (Phi) is 7.76. The number of carbonyl (C=O) groups excluding carboxylic acids is 1. The molecule has 2 rings (SSSR count). The molecule has 0 spiro atoms. The Morgan fingerprint density at radius 2 is 1.84 bits per heavy atom. The van der Waals surface area contributed by atoms with Crippen LogP contribution in [0.2, 0.25) is 0 Å². The number of nitrogens with zero attached hydrogens (tertiary/aromatic N) is 2. The Bertz CT molecular complexity index is 560. The third kappa shape index (κ3) is 6.40. The molecule has 1 aliphatic rings. The van der Waals surface area contributed by atoms with E-state index >= 15 is 0 Å². The Morgan fingerprint density at radius 1 is 1.16 bits per heavy atom. The van der Waals surface area contributed by atoms with E-state index in [1.165, 1.54) is 38.5 Å². The highest BCUT2D eigenvalue weighted by atomic mass is 16.2. The van der Waals surface area contributed by atoms with Crippen LogP contribution in [0.25, 0.3) is 0 Å². The molecule has 5 heteroatoms. The van der Waals surface area contributed by atoms with Gasteiger partial charge in [0.15, 0.2) is 5.96 Å². The van der Waals surface area contributed by atoms with E-state index in [-0.39, 0.29) is 5.91 Å². The van der Waals surface area contributed by atoms with Gasteiger partial charge in [-0.15, -0.1) is 0 Å². The first kappa shape index (κ1) is 19.3. The van der Waals surface area contributed by atoms with Crippen LogP contribution in [0.15, 0.2) is 29.3 Å². The zero-order chi connectivity index (χ0) is 18.1. The number of rotatable bonds is 7. The molecule has 0 aliphatic heterocycles. The Hall–Kier alpha value is -2.04. The van der Waals surface area contributed by atoms with E-state index < -0.39 is 0 Å². The summed E-state index contributed by atoms with van der Waals surface area (Å²) in [5, 5.41) is 6.72. The summed E-state index contributed by atoms with van der Waals surface area (Å²) in [5.41, 5.74) is 1.84. The molecule has 1 fully saturated rings. The maximum absolute atomic E-state index is 11.9. The summed E-state index contributed by atoms with van der Waals surface area (Å²) in [4.78, 5) is 17.8. The quantitative estimate of drug-likeness (QED) is 0.454. The zero-order valence-electron chi connectivity index (χ0n) is 15.8. The fraction of sp³-hybridized carbons (Fsp3) is 0.600. The highest BCUT2D eigenvalue weighted by Crippen LogP contribution is 2.28. The maximum atomic E-state index is 11.9. The van der Waals surface area contributed by atoms with Gasteiger partial charge in [0.25, 0.3) is 5.91 Å². The fourth-order valence-corrected chi connectivity index (χ4v) is 3.33. The van der Waals surface area contributed by atoms with Crippen molar-refractivity contribution in [3.8, 4) is 0 Å². The first-order valence-corrected chi connectivity index (χ1v) is 9.35. The largest absolute Gasteiger partial charge is 0.356 e. The summed E-state index contributed by atoms with van der Waals surface area (Å²) in [5.74, 6) is 1.80. The number of aliphatic imine (C=N–C) groups is 1. The van der Waals surface area contributed by atoms with Crippen LogP contribution in [0.1, 0.15) is 54.4 Å². The monoisotopic (exact) mass is 344 g/mol. The van der Waals surface area contributed by atoms with Crippen LogP contribution in [0.4, 0.5) is 0 Å². The molecular formula is C20H32N4O. The van der Waals surface area contributed by atoms with E-state index in [0.29, 0.717) is 12.1 Å². The summed E-state index contributed by atoms with van der Waals surface area (Å²) in [6, 6.07) is 7.71. The highest BCUT2D eigenvalue weighted by Gasteiger charge is 2.14. The molecule has 1 aliphatic carbocycles. The van der Waals surface area contributed by atoms with Crippen molar-refractivity contribution in [2.75, 3.05) is 27.7 Å². The maximum Gasteiger partial charge on any atom is 0.253 e. The summed E-state index contributed by atoms with van der Waals surface area (Å²) in [7, 11) is 5.32. The second kappa shape index (κ2) is 10.1. The van der Waals surface area contributed by atoms with Gasteiger partial charge >= 0.3 is 0 Å². The third-order valence-corrected chi connectivity index (χ3v) is 4.85. The van der Waals surface area contributed by atoms with Gasteiger partial charge in [-0.1, -0.05) is 37.8 Å². The molecule has 0 saturated heterocycles. The van der Waals surface area contributed by atoms with Gasteiger partial charge in [-0.3, -0.25) is 9.79 Å². The minimum absolute atomic E-state index is 0.0271. The number of nitrogens with one attached hydrogen (secondary N) is 2. The van der Waals surface area contributed by atoms with Crippen LogP contribution < -0.4 is 10.6 Å². The van der Waals surface area contributed by atoms with E-state index in [1.807, 2.05) is 24.3 Å². The summed E-state index contributed by atoms with van der Waals surface area (Å²) >= 11 is 0. The molecule has 2 N–H and O–H groups in total. The normalized spacial score (nSPS) is 15.2. The molecule has 1 aromatic rings. The van der Waals surface area contributed by atoms with Crippen molar-refractivity contribution in [2.24, 2.45) is 10.9 Å². The summed E-state index contributed by atoms with van der Waals surface area (Å²) in [6.07, 6.45) is 8.19. The lowest BCUT2D eigenvalue weighted by Gasteiger charge is -2.14. The van der Waals surface area contributed by atoms with E-state index in [0.717, 1.165) is 24.0 Å². The molecule has 1 saturated carbocycles. The second-order valence-corrected chi connectivity index (χ2v) is 7.04. The lowest BCUT2D eigenvalue weighted by molar-refractivity contribution is 0.0827. The standard InChI is InChI=1S/C20H32N4O/c1-21-20(22-14-6-9-16-7-4-5-8-16)23-15-17-10-12-18(13-11-17)19(25)24(2)3/h10-13,16H,4-9,14-15H2,1-3H3,(H2,21,22,23). The Morgan fingerprint density at radius 3 is 2.44 bits per heavy atom. The predicted molar refractivity (Wildman–Crippen MR) is 104 cm³/mol. The lowest BCUT2D eigenvalue weighted by Crippen LogP contribution is -2.37. The summed E-state index contributed by atoms with van der Waals surface area (Å²) in [6.45, 7) is 1.66. The van der Waals surface area contributed by atoms with Crippen LogP contribution >= 0.6 is 0 Å². The van der Waals surface area contributed by atoms with E-state index in [2.05, 4.69) is 15.6 Å². The van der Waals surface area contributed by atoms with Crippen LogP contribution in [0.3, 0.4) is 0 Å². The number of amides is 1. The minimum Gasteiger partial charge on any atom is -0.356 e. The van der Waals surface area contributed by atoms with Crippen molar-refractivity contribution in [3.63, 3.8) is 0 Å². The lowest BCUT2D eigenvalue weighted by atomic mass is 10.0. The SMILES string of the molecule is CN=C(NCCCC1CCCC1)NCc1ccc(C(=O)N(C)C)cc1. The van der Waals surface area contributed by atoms with Crippen molar-refractivity contribution in [1.82, 2.24) is 15.5 Å². The molecule has 0 atom stereocenters. The number of carbonyl (C=O) groups is 1. The third-order valence-electron chi connectivity index (χ3n) is 4.85. The van der Waals surface area contributed by atoms with Crippen molar-refractivity contribution in [1.29, 1.82) is 0 Å². The number of benzene rings is 1. The predicted octanol–water partition coefficient (Wildman–Crippen LogP) is 3.02. The van der Waals surface area contributed by atoms with E-state index in [1.54, 1.807) is 26.0 Å². The summed E-state index contributed by atoms with van der Waals surface area (Å²) < 4.78 is 0. The van der Waals surface area contributed by atoms with Crippen molar-refractivity contribution < 1.29 is 4.79 Å². The van der Waals surface area contributed by atoms with Crippen molar-refractivity contribution in [2.45, 2.75) is 45.1 Å². The molecule has 0 heterocycles. The molecular weight excluding hydrogens is 312 g/mol. The zero-order valence-corrected chi connectivity index (χ0v) is 15.8. The Balaban J connectivity index is 1.70. The van der Waals surface area contributed by atoms with Gasteiger partial charge in [-0.2, -0.15) is 0 Å². The van der Waals surface area contributed by atoms with Gasteiger partial charge in [0.05, 0.1) is 0 Å². The molecule has 0 bridgehead atoms. The van der Waals surface area contributed by atoms with Gasteiger partial charge in [-0.25, -0.2) is 0 Å². The van der Waals surface area contributed by atoms with Crippen LogP contribution in [-0.4, -0.2) is 44.5 Å². The molecule has 25 heavy (non-hydrogen) atoms. The Labute approximate surface area is 151 Å². The van der Waals surface area contributed by atoms with Gasteiger partial charge in [0.2, 0.25) is 0 Å². The minimum atomic E-state index is 0.0271. The van der Waals surface area contributed by atoms with Gasteiger partial charge in [0, 0.05) is 39.8 Å². The average Bonchev–Trinajstić information content (AvgIpc) is 3.14. The van der Waals surface area contributed by atoms with Crippen molar-refractivity contribution >= 4 is 11.9 Å². The number of hydrogen-bond acceptors (Lipinski definition) is 2. The first-order chi connectivity index (χ1) is 12.1. The average molecular weight is 345 g/mol. The van der Waals surface area contributed by atoms with Gasteiger partial charge < -0.3 is 15.5 Å². The highest BCUT2D eigenvalue weighted by molar-refractivity contribution is 5.93. The topological polar surface area (TPSA) is 56.7 Å². The smallest absolute Gasteiger partial charge is 0.253 e. The second-order valence-electron chi connectivity index (χ2n) is 7.04. The number of hydrogen-bond donors (Lipinski definition) is 2. The van der Waals surface area contributed by atoms with E-state index in [9.17, 15) is 4.79 Å². The molecule has 1 amide bonds. The fourth-order valence-electron chi connectivity index (χ4n) is 3.33. The van der Waals surface area contributed by atoms with Crippen LogP contribution in [0, 0.1) is 5.92 Å². The number of guanidine groups is 1. The van der Waals surface area contributed by atoms with Crippen LogP contribution in [-0.2, 0) is 6.54 Å². The molecule has 0 unspecified atom stereocenters. The van der Waals surface area contributed by atoms with Crippen molar-refractivity contribution in [3.05, 3.63) is 35.4 Å². The molecule has 1 aromatic carbocycles. The van der Waals surface area contributed by atoms with Gasteiger partial charge in [-0.05, 0) is 36.5 Å². The first-order valence-electron chi connectivity index (χ1n) is 9.35. The molecule has 138 valence electrons. The van der Waals surface area contributed by atoms with Gasteiger partial charge in [0.1, 0.15) is 0 Å².